The fourth-order valence-corrected chi connectivity index (χ4v) is 1.79. The van der Waals surface area contributed by atoms with Gasteiger partial charge in [0, 0.05) is 13.0 Å². The molecule has 1 saturated heterocycles. The first kappa shape index (κ1) is 14.1. The van der Waals surface area contributed by atoms with Crippen LogP contribution in [-0.4, -0.2) is 40.4 Å². The fourth-order valence-electron chi connectivity index (χ4n) is 1.79. The molecule has 0 bridgehead atoms. The van der Waals surface area contributed by atoms with E-state index >= 15 is 0 Å². The maximum absolute atomic E-state index is 12.1. The van der Waals surface area contributed by atoms with Crippen LogP contribution in [0.3, 0.4) is 0 Å². The highest BCUT2D eigenvalue weighted by atomic mass is 16.4. The number of rotatable bonds is 5. The van der Waals surface area contributed by atoms with Crippen molar-refractivity contribution in [3.63, 3.8) is 0 Å². The number of barbiturate groups is 1. The van der Waals surface area contributed by atoms with E-state index in [1.807, 2.05) is 0 Å². The van der Waals surface area contributed by atoms with Gasteiger partial charge in [0.25, 0.3) is 0 Å². The Morgan fingerprint density at radius 1 is 1.39 bits per heavy atom. The third-order valence-corrected chi connectivity index (χ3v) is 2.97. The standard InChI is InChI=1S/C11H16N2O5/c1-3-6-13-9(17)11(2,5-4-7(14)15)8(16)12-10(13)18/h3-6H2,1-2H3,(H,14,15)(H,12,16,18). The molecule has 18 heavy (non-hydrogen) atoms. The lowest BCUT2D eigenvalue weighted by Crippen LogP contribution is -2.63. The number of carboxylic acids is 1. The van der Waals surface area contributed by atoms with Gasteiger partial charge in [0.2, 0.25) is 11.8 Å². The predicted molar refractivity (Wildman–Crippen MR) is 60.5 cm³/mol. The Morgan fingerprint density at radius 3 is 2.50 bits per heavy atom. The number of imide groups is 2. The number of carbonyl (C=O) groups is 4. The maximum Gasteiger partial charge on any atom is 0.330 e. The Labute approximate surface area is 104 Å². The molecule has 0 aromatic carbocycles. The summed E-state index contributed by atoms with van der Waals surface area (Å²) < 4.78 is 0. The molecular weight excluding hydrogens is 240 g/mol. The average molecular weight is 256 g/mol. The summed E-state index contributed by atoms with van der Waals surface area (Å²) in [6.45, 7) is 3.37. The van der Waals surface area contributed by atoms with Crippen molar-refractivity contribution >= 4 is 23.8 Å². The fraction of sp³-hybridized carbons (Fsp3) is 0.636. The van der Waals surface area contributed by atoms with Crippen molar-refractivity contribution in [3.8, 4) is 0 Å². The van der Waals surface area contributed by atoms with Crippen LogP contribution in [-0.2, 0) is 14.4 Å². The van der Waals surface area contributed by atoms with Gasteiger partial charge in [-0.25, -0.2) is 4.79 Å². The van der Waals surface area contributed by atoms with Gasteiger partial charge in [-0.3, -0.25) is 24.6 Å². The molecule has 1 atom stereocenters. The lowest BCUT2D eigenvalue weighted by Gasteiger charge is -2.36. The molecule has 0 radical (unpaired) electrons. The first-order valence-electron chi connectivity index (χ1n) is 5.72. The van der Waals surface area contributed by atoms with Gasteiger partial charge in [0.15, 0.2) is 0 Å². The summed E-state index contributed by atoms with van der Waals surface area (Å²) in [6.07, 6.45) is 0.146. The molecule has 0 aromatic rings. The van der Waals surface area contributed by atoms with E-state index in [-0.39, 0.29) is 19.4 Å². The summed E-state index contributed by atoms with van der Waals surface area (Å²) in [6, 6.07) is -0.736. The monoisotopic (exact) mass is 256 g/mol. The second-order valence-corrected chi connectivity index (χ2v) is 4.44. The molecule has 1 fully saturated rings. The van der Waals surface area contributed by atoms with Gasteiger partial charge in [-0.15, -0.1) is 0 Å². The SMILES string of the molecule is CCCN1C(=O)NC(=O)C(C)(CCC(=O)O)C1=O. The van der Waals surface area contributed by atoms with Crippen molar-refractivity contribution < 1.29 is 24.3 Å². The molecule has 1 aliphatic rings. The average Bonchev–Trinajstić information content (AvgIpc) is 2.30. The van der Waals surface area contributed by atoms with E-state index in [0.29, 0.717) is 6.42 Å². The van der Waals surface area contributed by atoms with Gasteiger partial charge in [-0.2, -0.15) is 0 Å². The second kappa shape index (κ2) is 5.16. The van der Waals surface area contributed by atoms with Crippen LogP contribution in [0.15, 0.2) is 0 Å². The zero-order chi connectivity index (χ0) is 13.9. The molecule has 0 aliphatic carbocycles. The van der Waals surface area contributed by atoms with Crippen LogP contribution >= 0.6 is 0 Å². The molecule has 100 valence electrons. The van der Waals surface area contributed by atoms with Crippen molar-refractivity contribution in [2.45, 2.75) is 33.1 Å². The van der Waals surface area contributed by atoms with Gasteiger partial charge in [0.05, 0.1) is 0 Å². The lowest BCUT2D eigenvalue weighted by molar-refractivity contribution is -0.151. The number of hydrogen-bond donors (Lipinski definition) is 2. The van der Waals surface area contributed by atoms with Crippen molar-refractivity contribution in [2.24, 2.45) is 5.41 Å². The maximum atomic E-state index is 12.1. The molecule has 7 heteroatoms. The van der Waals surface area contributed by atoms with E-state index in [9.17, 15) is 19.2 Å². The second-order valence-electron chi connectivity index (χ2n) is 4.44. The first-order valence-corrected chi connectivity index (χ1v) is 5.72. The number of nitrogens with one attached hydrogen (secondary N) is 1. The summed E-state index contributed by atoms with van der Waals surface area (Å²) in [4.78, 5) is 46.8. The molecule has 0 spiro atoms. The number of nitrogens with zero attached hydrogens (tertiary/aromatic N) is 1. The van der Waals surface area contributed by atoms with E-state index in [0.717, 1.165) is 4.90 Å². The molecule has 7 nitrogen and oxygen atoms in total. The molecule has 1 heterocycles. The summed E-state index contributed by atoms with van der Waals surface area (Å²) in [5, 5.41) is 10.7. The highest BCUT2D eigenvalue weighted by Gasteiger charge is 2.49. The molecule has 2 N–H and O–H groups in total. The van der Waals surface area contributed by atoms with Gasteiger partial charge in [0.1, 0.15) is 5.41 Å². The number of hydrogen-bond acceptors (Lipinski definition) is 4. The molecule has 0 saturated carbocycles. The summed E-state index contributed by atoms with van der Waals surface area (Å²) in [5.41, 5.74) is -1.48. The summed E-state index contributed by atoms with van der Waals surface area (Å²) in [5.74, 6) is -2.44. The first-order chi connectivity index (χ1) is 8.32. The highest BCUT2D eigenvalue weighted by molar-refractivity contribution is 6.18. The summed E-state index contributed by atoms with van der Waals surface area (Å²) >= 11 is 0. The zero-order valence-corrected chi connectivity index (χ0v) is 10.4. The molecule has 1 aliphatic heterocycles. The minimum atomic E-state index is -1.48. The van der Waals surface area contributed by atoms with Crippen molar-refractivity contribution in [1.29, 1.82) is 0 Å². The number of carboxylic acid groups (broad SMARTS) is 1. The van der Waals surface area contributed by atoms with E-state index in [1.165, 1.54) is 6.92 Å². The molecular formula is C11H16N2O5. The number of aliphatic carboxylic acids is 1. The van der Waals surface area contributed by atoms with Crippen molar-refractivity contribution in [3.05, 3.63) is 0 Å². The minimum Gasteiger partial charge on any atom is -0.481 e. The van der Waals surface area contributed by atoms with Gasteiger partial charge >= 0.3 is 12.0 Å². The van der Waals surface area contributed by atoms with E-state index in [2.05, 4.69) is 5.32 Å². The molecule has 1 unspecified atom stereocenters. The highest BCUT2D eigenvalue weighted by Crippen LogP contribution is 2.29. The van der Waals surface area contributed by atoms with Gasteiger partial charge < -0.3 is 5.11 Å². The quantitative estimate of drug-likeness (QED) is 0.690. The number of amides is 4. The smallest absolute Gasteiger partial charge is 0.330 e. The topological polar surface area (TPSA) is 104 Å². The van der Waals surface area contributed by atoms with E-state index < -0.39 is 29.2 Å². The van der Waals surface area contributed by atoms with Crippen LogP contribution in [0.1, 0.15) is 33.1 Å². The Bertz CT molecular complexity index is 406. The van der Waals surface area contributed by atoms with Crippen LogP contribution in [0.25, 0.3) is 0 Å². The van der Waals surface area contributed by atoms with Crippen LogP contribution in [0.2, 0.25) is 0 Å². The van der Waals surface area contributed by atoms with E-state index in [4.69, 9.17) is 5.11 Å². The van der Waals surface area contributed by atoms with E-state index in [1.54, 1.807) is 6.92 Å². The molecule has 0 aromatic heterocycles. The van der Waals surface area contributed by atoms with Crippen molar-refractivity contribution in [1.82, 2.24) is 10.2 Å². The third-order valence-electron chi connectivity index (χ3n) is 2.97. The minimum absolute atomic E-state index is 0.125. The van der Waals surface area contributed by atoms with Crippen molar-refractivity contribution in [2.75, 3.05) is 6.54 Å². The van der Waals surface area contributed by atoms with Crippen LogP contribution < -0.4 is 5.32 Å². The number of carbonyl (C=O) groups excluding carboxylic acids is 3. The number of urea groups is 1. The van der Waals surface area contributed by atoms with Crippen LogP contribution in [0, 0.1) is 5.41 Å². The zero-order valence-electron chi connectivity index (χ0n) is 10.4. The van der Waals surface area contributed by atoms with Crippen LogP contribution in [0.5, 0.6) is 0 Å². The lowest BCUT2D eigenvalue weighted by atomic mass is 9.81. The Balaban J connectivity index is 2.94. The predicted octanol–water partition coefficient (Wildman–Crippen LogP) is 0.346. The largest absolute Gasteiger partial charge is 0.481 e. The molecule has 4 amide bonds. The Kier molecular flexibility index (Phi) is 4.05. The van der Waals surface area contributed by atoms with Crippen LogP contribution in [0.4, 0.5) is 4.79 Å². The Hall–Kier alpha value is -1.92. The summed E-state index contributed by atoms with van der Waals surface area (Å²) in [7, 11) is 0. The van der Waals surface area contributed by atoms with Gasteiger partial charge in [-0.05, 0) is 19.8 Å². The Morgan fingerprint density at radius 2 is 2.00 bits per heavy atom. The normalized spacial score (nSPS) is 24.1. The molecule has 1 rings (SSSR count). The van der Waals surface area contributed by atoms with Gasteiger partial charge in [-0.1, -0.05) is 6.92 Å². The third kappa shape index (κ3) is 2.49.